The van der Waals surface area contributed by atoms with Gasteiger partial charge in [-0.25, -0.2) is 4.39 Å². The maximum Gasteiger partial charge on any atom is 0.141 e. The molecule has 0 spiro atoms. The summed E-state index contributed by atoms with van der Waals surface area (Å²) in [4.78, 5) is 0. The number of anilines is 1. The second-order valence-corrected chi connectivity index (χ2v) is 4.43. The van der Waals surface area contributed by atoms with Gasteiger partial charge in [0.2, 0.25) is 0 Å². The lowest BCUT2D eigenvalue weighted by atomic mass is 10.2. The highest BCUT2D eigenvalue weighted by molar-refractivity contribution is 6.31. The van der Waals surface area contributed by atoms with E-state index in [2.05, 4.69) is 19.2 Å². The molecular weight excluding hydrogens is 229 g/mol. The number of benzene rings is 1. The zero-order valence-electron chi connectivity index (χ0n) is 9.59. The number of hydrogen-bond acceptors (Lipinski definition) is 2. The first kappa shape index (κ1) is 13.3. The SMILES string of the molecule is CC(C)COCCNc1ccc(F)c(Cl)c1. The highest BCUT2D eigenvalue weighted by Crippen LogP contribution is 2.18. The highest BCUT2D eigenvalue weighted by Gasteiger charge is 2.00. The zero-order chi connectivity index (χ0) is 12.0. The Kier molecular flexibility index (Phi) is 5.56. The van der Waals surface area contributed by atoms with Gasteiger partial charge in [0.05, 0.1) is 11.6 Å². The summed E-state index contributed by atoms with van der Waals surface area (Å²) in [6.07, 6.45) is 0. The molecule has 0 amide bonds. The second kappa shape index (κ2) is 6.71. The van der Waals surface area contributed by atoms with E-state index < -0.39 is 5.82 Å². The number of nitrogens with one attached hydrogen (secondary N) is 1. The molecule has 0 aliphatic heterocycles. The molecule has 1 N–H and O–H groups in total. The van der Waals surface area contributed by atoms with Crippen LogP contribution in [-0.4, -0.2) is 19.8 Å². The number of ether oxygens (including phenoxy) is 1. The van der Waals surface area contributed by atoms with Crippen molar-refractivity contribution in [3.05, 3.63) is 29.0 Å². The standard InChI is InChI=1S/C12H17ClFNO/c1-9(2)8-16-6-5-15-10-3-4-12(14)11(13)7-10/h3-4,7,9,15H,5-6,8H2,1-2H3. The van der Waals surface area contributed by atoms with E-state index in [0.717, 1.165) is 12.3 Å². The van der Waals surface area contributed by atoms with Crippen LogP contribution in [-0.2, 0) is 4.74 Å². The minimum atomic E-state index is -0.400. The van der Waals surface area contributed by atoms with E-state index in [9.17, 15) is 4.39 Å². The van der Waals surface area contributed by atoms with E-state index in [1.807, 2.05) is 0 Å². The largest absolute Gasteiger partial charge is 0.383 e. The molecule has 0 bridgehead atoms. The maximum atomic E-state index is 12.8. The number of halogens is 2. The lowest BCUT2D eigenvalue weighted by molar-refractivity contribution is 0.118. The smallest absolute Gasteiger partial charge is 0.141 e. The molecule has 0 heterocycles. The fourth-order valence-electron chi connectivity index (χ4n) is 1.19. The van der Waals surface area contributed by atoms with Gasteiger partial charge in [0.25, 0.3) is 0 Å². The molecule has 1 aromatic rings. The Labute approximate surface area is 101 Å². The molecule has 0 fully saturated rings. The third-order valence-electron chi connectivity index (χ3n) is 1.95. The highest BCUT2D eigenvalue weighted by atomic mass is 35.5. The van der Waals surface area contributed by atoms with E-state index in [1.54, 1.807) is 12.1 Å². The molecule has 1 rings (SSSR count). The van der Waals surface area contributed by atoms with Crippen LogP contribution in [0, 0.1) is 11.7 Å². The van der Waals surface area contributed by atoms with Crippen LogP contribution in [0.25, 0.3) is 0 Å². The van der Waals surface area contributed by atoms with E-state index in [4.69, 9.17) is 16.3 Å². The van der Waals surface area contributed by atoms with Gasteiger partial charge >= 0.3 is 0 Å². The van der Waals surface area contributed by atoms with Gasteiger partial charge in [-0.3, -0.25) is 0 Å². The quantitative estimate of drug-likeness (QED) is 0.774. The number of rotatable bonds is 6. The molecule has 0 aliphatic carbocycles. The van der Waals surface area contributed by atoms with Crippen LogP contribution >= 0.6 is 11.6 Å². The van der Waals surface area contributed by atoms with Gasteiger partial charge in [-0.15, -0.1) is 0 Å². The van der Waals surface area contributed by atoms with Crippen LogP contribution in [0.4, 0.5) is 10.1 Å². The monoisotopic (exact) mass is 245 g/mol. The predicted molar refractivity (Wildman–Crippen MR) is 65.6 cm³/mol. The molecule has 2 nitrogen and oxygen atoms in total. The minimum Gasteiger partial charge on any atom is -0.383 e. The van der Waals surface area contributed by atoms with E-state index in [0.29, 0.717) is 19.1 Å². The molecule has 0 radical (unpaired) electrons. The second-order valence-electron chi connectivity index (χ2n) is 4.02. The van der Waals surface area contributed by atoms with Gasteiger partial charge in [0.1, 0.15) is 5.82 Å². The van der Waals surface area contributed by atoms with Crippen molar-refractivity contribution in [2.45, 2.75) is 13.8 Å². The summed E-state index contributed by atoms with van der Waals surface area (Å²) in [6, 6.07) is 4.57. The van der Waals surface area contributed by atoms with Crippen LogP contribution in [0.1, 0.15) is 13.8 Å². The predicted octanol–water partition coefficient (Wildman–Crippen LogP) is 3.56. The van der Waals surface area contributed by atoms with E-state index in [-0.39, 0.29) is 5.02 Å². The van der Waals surface area contributed by atoms with Gasteiger partial charge in [-0.05, 0) is 24.1 Å². The summed E-state index contributed by atoms with van der Waals surface area (Å²) in [6.45, 7) is 6.29. The van der Waals surface area contributed by atoms with Crippen molar-refractivity contribution in [3.8, 4) is 0 Å². The first-order valence-corrected chi connectivity index (χ1v) is 5.74. The van der Waals surface area contributed by atoms with Gasteiger partial charge < -0.3 is 10.1 Å². The average molecular weight is 246 g/mol. The molecule has 0 atom stereocenters. The van der Waals surface area contributed by atoms with Crippen LogP contribution < -0.4 is 5.32 Å². The Morgan fingerprint density at radius 1 is 1.44 bits per heavy atom. The van der Waals surface area contributed by atoms with E-state index >= 15 is 0 Å². The summed E-state index contributed by atoms with van der Waals surface area (Å²) in [5.41, 5.74) is 0.805. The van der Waals surface area contributed by atoms with Crippen molar-refractivity contribution in [1.82, 2.24) is 0 Å². The van der Waals surface area contributed by atoms with Crippen molar-refractivity contribution in [1.29, 1.82) is 0 Å². The zero-order valence-corrected chi connectivity index (χ0v) is 10.4. The van der Waals surface area contributed by atoms with Crippen LogP contribution in [0.3, 0.4) is 0 Å². The summed E-state index contributed by atoms with van der Waals surface area (Å²) in [5.74, 6) is 0.142. The molecule has 0 saturated heterocycles. The normalized spacial score (nSPS) is 10.8. The molecule has 1 aromatic carbocycles. The van der Waals surface area contributed by atoms with Crippen molar-refractivity contribution < 1.29 is 9.13 Å². The lowest BCUT2D eigenvalue weighted by Crippen LogP contribution is -2.12. The fourth-order valence-corrected chi connectivity index (χ4v) is 1.37. The topological polar surface area (TPSA) is 21.3 Å². The Bertz CT molecular complexity index is 331. The van der Waals surface area contributed by atoms with Crippen molar-refractivity contribution in [2.75, 3.05) is 25.1 Å². The van der Waals surface area contributed by atoms with Gasteiger partial charge in [-0.2, -0.15) is 0 Å². The van der Waals surface area contributed by atoms with Crippen LogP contribution in [0.15, 0.2) is 18.2 Å². The molecule has 16 heavy (non-hydrogen) atoms. The molecule has 0 aromatic heterocycles. The third kappa shape index (κ3) is 4.81. The Morgan fingerprint density at radius 3 is 2.81 bits per heavy atom. The van der Waals surface area contributed by atoms with Gasteiger partial charge in [-0.1, -0.05) is 25.4 Å². The average Bonchev–Trinajstić information content (AvgIpc) is 2.22. The Balaban J connectivity index is 2.24. The fraction of sp³-hybridized carbons (Fsp3) is 0.500. The third-order valence-corrected chi connectivity index (χ3v) is 2.24. The summed E-state index contributed by atoms with van der Waals surface area (Å²) in [7, 11) is 0. The first-order chi connectivity index (χ1) is 7.59. The van der Waals surface area contributed by atoms with E-state index in [1.165, 1.54) is 6.07 Å². The molecule has 0 aliphatic rings. The Hall–Kier alpha value is -0.800. The maximum absolute atomic E-state index is 12.8. The van der Waals surface area contributed by atoms with Crippen molar-refractivity contribution >= 4 is 17.3 Å². The summed E-state index contributed by atoms with van der Waals surface area (Å²) in [5, 5.41) is 3.24. The summed E-state index contributed by atoms with van der Waals surface area (Å²) < 4.78 is 18.2. The molecule has 90 valence electrons. The van der Waals surface area contributed by atoms with Crippen molar-refractivity contribution in [3.63, 3.8) is 0 Å². The molecule has 0 saturated carbocycles. The van der Waals surface area contributed by atoms with Crippen molar-refractivity contribution in [2.24, 2.45) is 5.92 Å². The molecular formula is C12H17ClFNO. The molecule has 0 unspecified atom stereocenters. The molecule has 4 heteroatoms. The minimum absolute atomic E-state index is 0.132. The first-order valence-electron chi connectivity index (χ1n) is 5.36. The van der Waals surface area contributed by atoms with Gasteiger partial charge in [0, 0.05) is 18.8 Å². The number of hydrogen-bond donors (Lipinski definition) is 1. The summed E-state index contributed by atoms with van der Waals surface area (Å²) >= 11 is 5.65. The lowest BCUT2D eigenvalue weighted by Gasteiger charge is -2.09. The Morgan fingerprint density at radius 2 is 2.19 bits per heavy atom. The van der Waals surface area contributed by atoms with Crippen LogP contribution in [0.5, 0.6) is 0 Å². The van der Waals surface area contributed by atoms with Gasteiger partial charge in [0.15, 0.2) is 0 Å². The van der Waals surface area contributed by atoms with Crippen LogP contribution in [0.2, 0.25) is 5.02 Å².